The number of nitrogens with one attached hydrogen (secondary N) is 1. The summed E-state index contributed by atoms with van der Waals surface area (Å²) in [7, 11) is 1.28. The number of ether oxygens (including phenoxy) is 5. The molecule has 0 radical (unpaired) electrons. The van der Waals surface area contributed by atoms with Crippen LogP contribution < -0.4 is 29.9 Å². The van der Waals surface area contributed by atoms with E-state index in [2.05, 4.69) is 5.32 Å². The summed E-state index contributed by atoms with van der Waals surface area (Å²) in [5.41, 5.74) is -1.08. The first kappa shape index (κ1) is 45.3. The fourth-order valence-electron chi connectivity index (χ4n) is 8.36. The molecule has 0 bridgehead atoms. The summed E-state index contributed by atoms with van der Waals surface area (Å²) in [5.74, 6) is -4.74. The smallest absolute Gasteiger partial charge is 0.352 e. The molecule has 9 rings (SSSR count). The second kappa shape index (κ2) is 17.4. The summed E-state index contributed by atoms with van der Waals surface area (Å²) in [6.07, 6.45) is 0. The summed E-state index contributed by atoms with van der Waals surface area (Å²) < 4.78 is 33.3. The molecular weight excluding hydrogens is 927 g/mol. The molecule has 4 aliphatic rings. The number of carbonyl (C=O) groups is 8. The van der Waals surface area contributed by atoms with Crippen LogP contribution in [0, 0.1) is 0 Å². The third-order valence-electron chi connectivity index (χ3n) is 11.2. The minimum Gasteiger partial charge on any atom is -0.477 e. The summed E-state index contributed by atoms with van der Waals surface area (Å²) in [6, 6.07) is 18.9. The minimum absolute atomic E-state index is 0.0666. The van der Waals surface area contributed by atoms with Gasteiger partial charge in [0.15, 0.2) is 5.60 Å². The molecule has 5 heterocycles. The first-order valence-corrected chi connectivity index (χ1v) is 22.5. The van der Waals surface area contributed by atoms with Crippen LogP contribution >= 0.6 is 23.5 Å². The highest BCUT2D eigenvalue weighted by Gasteiger charge is 2.55. The Hall–Kier alpha value is -7.91. The molecule has 1 spiro atoms. The number of aliphatic carboxylic acids is 1. The minimum atomic E-state index is -1.53. The van der Waals surface area contributed by atoms with Crippen molar-refractivity contribution in [2.24, 2.45) is 0 Å². The summed E-state index contributed by atoms with van der Waals surface area (Å²) in [5, 5.41) is 12.5. The van der Waals surface area contributed by atoms with Gasteiger partial charge in [-0.3, -0.25) is 33.7 Å². The number of nitrogens with zero attached hydrogens (tertiary/aromatic N) is 2. The van der Waals surface area contributed by atoms with E-state index >= 15 is 0 Å². The van der Waals surface area contributed by atoms with Gasteiger partial charge in [-0.2, -0.15) is 0 Å². The second-order valence-electron chi connectivity index (χ2n) is 15.8. The zero-order valence-corrected chi connectivity index (χ0v) is 37.7. The Kier molecular flexibility index (Phi) is 11.6. The number of likely N-dealkylation sites (N-methyl/N-ethyl adjacent to an activating group) is 1. The van der Waals surface area contributed by atoms with Gasteiger partial charge in [-0.25, -0.2) is 14.4 Å². The highest BCUT2D eigenvalue weighted by molar-refractivity contribution is 8.01. The fraction of sp³-hybridized carbons (Fsp3) is 0.213. The third kappa shape index (κ3) is 8.08. The van der Waals surface area contributed by atoms with Crippen molar-refractivity contribution in [2.45, 2.75) is 42.7 Å². The van der Waals surface area contributed by atoms with Crippen LogP contribution in [0.15, 0.2) is 104 Å². The second-order valence-corrected chi connectivity index (χ2v) is 17.9. The molecule has 1 aromatic heterocycles. The number of carbonyl (C=O) groups excluding carboxylic acids is 7. The number of thioether (sulfide) groups is 2. The van der Waals surface area contributed by atoms with Crippen molar-refractivity contribution in [3.8, 4) is 28.7 Å². The Morgan fingerprint density at radius 1 is 0.824 bits per heavy atom. The largest absolute Gasteiger partial charge is 0.477 e. The van der Waals surface area contributed by atoms with E-state index in [0.29, 0.717) is 32.5 Å². The van der Waals surface area contributed by atoms with Crippen LogP contribution in [0.2, 0.25) is 0 Å². The van der Waals surface area contributed by atoms with E-state index in [1.807, 2.05) is 0 Å². The van der Waals surface area contributed by atoms with E-state index in [0.717, 1.165) is 9.80 Å². The molecule has 2 N–H and O–H groups in total. The van der Waals surface area contributed by atoms with Gasteiger partial charge >= 0.3 is 35.5 Å². The number of carboxylic acid groups (broad SMARTS) is 1. The number of hydrogen-bond acceptors (Lipinski definition) is 17. The molecular formula is C47H35N3O16S2. The Labute approximate surface area is 392 Å². The monoisotopic (exact) mass is 961 g/mol. The molecule has 21 heteroatoms. The van der Waals surface area contributed by atoms with Crippen molar-refractivity contribution >= 4 is 82.1 Å². The quantitative estimate of drug-likeness (QED) is 0.0596. The predicted molar refractivity (Wildman–Crippen MR) is 238 cm³/mol. The lowest BCUT2D eigenvalue weighted by atomic mass is 9.77. The number of β-lactam (4-membered cyclic amide) rings is 1. The first-order chi connectivity index (χ1) is 32.4. The maximum absolute atomic E-state index is 13.8. The average Bonchev–Trinajstić information content (AvgIpc) is 3.56. The van der Waals surface area contributed by atoms with Gasteiger partial charge in [-0.15, -0.1) is 23.5 Å². The molecule has 0 aliphatic carbocycles. The number of rotatable bonds is 11. The zero-order valence-electron chi connectivity index (χ0n) is 36.1. The SMILES string of the molecule is CC(=O)Oc1ccc2c(c1)Oc1cc(OC(C)=O)ccc1C21OC(=O)c2cc(SCC3=C(C(=O)O)N4C(=O)[C@@H](NC(=O)CN(C)C(=O)c5cc6ccc(OC(C)=O)cc6oc5=O)[C@H]4SC3)ccc21. The Balaban J connectivity index is 0.896. The number of esters is 4. The zero-order chi connectivity index (χ0) is 48.3. The fourth-order valence-corrected chi connectivity index (χ4v) is 10.8. The summed E-state index contributed by atoms with van der Waals surface area (Å²) >= 11 is 2.48. The topological polar surface area (TPSA) is 252 Å². The lowest BCUT2D eigenvalue weighted by molar-refractivity contribution is -0.150. The van der Waals surface area contributed by atoms with Gasteiger partial charge < -0.3 is 43.4 Å². The Morgan fingerprint density at radius 2 is 1.43 bits per heavy atom. The van der Waals surface area contributed by atoms with E-state index in [1.165, 1.54) is 87.7 Å². The van der Waals surface area contributed by atoms with E-state index in [4.69, 9.17) is 28.1 Å². The number of hydrogen-bond donors (Lipinski definition) is 2. The standard InChI is InChI=1S/C47H35N3O16S2/c1-21(51)61-26-6-5-24-13-31(45(59)65-35(24)14-26)41(55)49(4)18-38(54)48-39-42(56)50-40(44(57)58)25(20-68-43(39)50)19-67-29-9-12-32-30(17-29)46(60)66-47(32)33-10-7-27(62-22(2)52)15-36(33)64-37-16-28(63-23(3)53)8-11-34(37)47/h5-17,39,43H,18-20H2,1-4H3,(H,48,54)(H,57,58)/t39-,43-/m1/s1. The highest BCUT2D eigenvalue weighted by Crippen LogP contribution is 2.57. The number of benzene rings is 4. The lowest BCUT2D eigenvalue weighted by Gasteiger charge is -2.49. The van der Waals surface area contributed by atoms with Crippen LogP contribution in [0.4, 0.5) is 0 Å². The van der Waals surface area contributed by atoms with Gasteiger partial charge in [0.05, 0.1) is 12.1 Å². The summed E-state index contributed by atoms with van der Waals surface area (Å²) in [6.45, 7) is 3.16. The van der Waals surface area contributed by atoms with Gasteiger partial charge in [0, 0.05) is 84.5 Å². The van der Waals surface area contributed by atoms with Crippen molar-refractivity contribution in [1.29, 1.82) is 0 Å². The lowest BCUT2D eigenvalue weighted by Crippen LogP contribution is -2.71. The van der Waals surface area contributed by atoms with Gasteiger partial charge in [-0.1, -0.05) is 6.07 Å². The summed E-state index contributed by atoms with van der Waals surface area (Å²) in [4.78, 5) is 117. The molecule has 5 aromatic rings. The Bertz CT molecular complexity index is 3130. The maximum Gasteiger partial charge on any atom is 0.352 e. The van der Waals surface area contributed by atoms with E-state index in [1.54, 1.807) is 42.5 Å². The maximum atomic E-state index is 13.8. The van der Waals surface area contributed by atoms with Crippen LogP contribution in [-0.4, -0.2) is 99.0 Å². The van der Waals surface area contributed by atoms with Crippen LogP contribution in [-0.2, 0) is 39.1 Å². The molecule has 68 heavy (non-hydrogen) atoms. The molecule has 346 valence electrons. The molecule has 4 aliphatic heterocycles. The molecule has 3 amide bonds. The third-order valence-corrected chi connectivity index (χ3v) is 13.6. The van der Waals surface area contributed by atoms with Gasteiger partial charge in [0.1, 0.15) is 57.0 Å². The number of carboxylic acids is 1. The van der Waals surface area contributed by atoms with E-state index in [-0.39, 0.29) is 62.7 Å². The van der Waals surface area contributed by atoms with Crippen LogP contribution in [0.3, 0.4) is 0 Å². The number of fused-ring (bicyclic) bond motifs is 8. The normalized spacial score (nSPS) is 17.1. The van der Waals surface area contributed by atoms with E-state index < -0.39 is 76.8 Å². The van der Waals surface area contributed by atoms with Crippen molar-refractivity contribution in [2.75, 3.05) is 25.1 Å². The first-order valence-electron chi connectivity index (χ1n) is 20.5. The van der Waals surface area contributed by atoms with Gasteiger partial charge in [0.2, 0.25) is 5.91 Å². The molecule has 0 unspecified atom stereocenters. The molecule has 2 atom stereocenters. The molecule has 19 nitrogen and oxygen atoms in total. The Morgan fingerprint density at radius 3 is 2.04 bits per heavy atom. The van der Waals surface area contributed by atoms with Crippen LogP contribution in [0.25, 0.3) is 11.0 Å². The van der Waals surface area contributed by atoms with Gasteiger partial charge in [0.25, 0.3) is 11.8 Å². The predicted octanol–water partition coefficient (Wildman–Crippen LogP) is 4.74. The van der Waals surface area contributed by atoms with Crippen LogP contribution in [0.1, 0.15) is 58.2 Å². The van der Waals surface area contributed by atoms with Gasteiger partial charge in [-0.05, 0) is 60.2 Å². The van der Waals surface area contributed by atoms with E-state index in [9.17, 15) is 48.3 Å². The number of amides is 3. The highest BCUT2D eigenvalue weighted by atomic mass is 32.2. The van der Waals surface area contributed by atoms with Crippen molar-refractivity contribution in [3.63, 3.8) is 0 Å². The molecule has 1 saturated heterocycles. The van der Waals surface area contributed by atoms with Crippen LogP contribution in [0.5, 0.6) is 28.7 Å². The van der Waals surface area contributed by atoms with Crippen molar-refractivity contribution in [3.05, 3.63) is 128 Å². The molecule has 1 fully saturated rings. The molecule has 0 saturated carbocycles. The molecule has 4 aromatic carbocycles. The van der Waals surface area contributed by atoms with Crippen molar-refractivity contribution in [1.82, 2.24) is 15.1 Å². The van der Waals surface area contributed by atoms with Crippen molar-refractivity contribution < 1.29 is 71.6 Å². The average molecular weight is 962 g/mol.